The SMILES string of the molecule is CCC(C(=O)Nc1cccc(C)c1)n1c(N)nnc1SCc1ccccc1. The van der Waals surface area contributed by atoms with Gasteiger partial charge in [0.15, 0.2) is 5.16 Å². The van der Waals surface area contributed by atoms with Gasteiger partial charge in [0.1, 0.15) is 6.04 Å². The Balaban J connectivity index is 1.78. The lowest BCUT2D eigenvalue weighted by Crippen LogP contribution is -2.27. The third-order valence-electron chi connectivity index (χ3n) is 4.19. The monoisotopic (exact) mass is 381 g/mol. The van der Waals surface area contributed by atoms with Crippen molar-refractivity contribution in [2.45, 2.75) is 37.2 Å². The molecule has 0 saturated carbocycles. The van der Waals surface area contributed by atoms with E-state index in [1.807, 2.05) is 56.3 Å². The average Bonchev–Trinajstić information content (AvgIpc) is 3.02. The molecule has 1 heterocycles. The second-order valence-electron chi connectivity index (χ2n) is 6.27. The van der Waals surface area contributed by atoms with E-state index in [2.05, 4.69) is 27.6 Å². The summed E-state index contributed by atoms with van der Waals surface area (Å²) in [5.74, 6) is 0.850. The fourth-order valence-electron chi connectivity index (χ4n) is 2.84. The number of aryl methyl sites for hydroxylation is 1. The van der Waals surface area contributed by atoms with Crippen LogP contribution in [0, 0.1) is 6.92 Å². The van der Waals surface area contributed by atoms with Crippen molar-refractivity contribution in [3.05, 3.63) is 65.7 Å². The zero-order valence-corrected chi connectivity index (χ0v) is 16.2. The maximum atomic E-state index is 12.9. The summed E-state index contributed by atoms with van der Waals surface area (Å²) in [4.78, 5) is 12.9. The topological polar surface area (TPSA) is 85.8 Å². The number of hydrogen-bond acceptors (Lipinski definition) is 5. The van der Waals surface area contributed by atoms with Crippen LogP contribution in [-0.2, 0) is 10.5 Å². The number of amides is 1. The van der Waals surface area contributed by atoms with Gasteiger partial charge in [-0.3, -0.25) is 9.36 Å². The third kappa shape index (κ3) is 4.68. The molecule has 1 unspecified atom stereocenters. The van der Waals surface area contributed by atoms with Crippen LogP contribution in [0.15, 0.2) is 59.8 Å². The van der Waals surface area contributed by atoms with Gasteiger partial charge in [-0.05, 0) is 36.6 Å². The molecule has 3 aromatic rings. The number of nitrogens with two attached hydrogens (primary N) is 1. The van der Waals surface area contributed by atoms with Crippen LogP contribution in [0.25, 0.3) is 0 Å². The Labute approximate surface area is 163 Å². The molecule has 2 aromatic carbocycles. The highest BCUT2D eigenvalue weighted by Gasteiger charge is 2.25. The van der Waals surface area contributed by atoms with Crippen molar-refractivity contribution in [1.82, 2.24) is 14.8 Å². The number of nitrogen functional groups attached to an aromatic ring is 1. The van der Waals surface area contributed by atoms with Crippen molar-refractivity contribution < 1.29 is 4.79 Å². The third-order valence-corrected chi connectivity index (χ3v) is 5.20. The standard InChI is InChI=1S/C20H23N5OS/c1-3-17(18(26)22-16-11-7-8-14(2)12-16)25-19(21)23-24-20(25)27-13-15-9-5-4-6-10-15/h4-12,17H,3,13H2,1-2H3,(H2,21,23)(H,22,26). The summed E-state index contributed by atoms with van der Waals surface area (Å²) in [6.45, 7) is 3.94. The molecule has 3 N–H and O–H groups in total. The first-order chi connectivity index (χ1) is 13.1. The quantitative estimate of drug-likeness (QED) is 0.603. The number of nitrogens with one attached hydrogen (secondary N) is 1. The zero-order valence-electron chi connectivity index (χ0n) is 15.4. The predicted octanol–water partition coefficient (Wildman–Crippen LogP) is 4.05. The van der Waals surface area contributed by atoms with E-state index >= 15 is 0 Å². The summed E-state index contributed by atoms with van der Waals surface area (Å²) in [6, 6.07) is 17.3. The molecule has 3 rings (SSSR count). The normalized spacial score (nSPS) is 11.9. The van der Waals surface area contributed by atoms with E-state index in [1.54, 1.807) is 4.57 Å². The van der Waals surface area contributed by atoms with Gasteiger partial charge in [-0.25, -0.2) is 0 Å². The fourth-order valence-corrected chi connectivity index (χ4v) is 3.78. The minimum Gasteiger partial charge on any atom is -0.368 e. The zero-order chi connectivity index (χ0) is 19.2. The maximum Gasteiger partial charge on any atom is 0.247 e. The van der Waals surface area contributed by atoms with Crippen LogP contribution in [0.5, 0.6) is 0 Å². The molecule has 0 bridgehead atoms. The van der Waals surface area contributed by atoms with Gasteiger partial charge < -0.3 is 11.1 Å². The summed E-state index contributed by atoms with van der Waals surface area (Å²) >= 11 is 1.52. The highest BCUT2D eigenvalue weighted by molar-refractivity contribution is 7.98. The summed E-state index contributed by atoms with van der Waals surface area (Å²) < 4.78 is 1.72. The van der Waals surface area contributed by atoms with Crippen molar-refractivity contribution in [3.8, 4) is 0 Å². The highest BCUT2D eigenvalue weighted by atomic mass is 32.2. The van der Waals surface area contributed by atoms with E-state index < -0.39 is 6.04 Å². The van der Waals surface area contributed by atoms with Gasteiger partial charge in [0.25, 0.3) is 0 Å². The first-order valence-electron chi connectivity index (χ1n) is 8.83. The van der Waals surface area contributed by atoms with Crippen LogP contribution in [0.1, 0.15) is 30.5 Å². The van der Waals surface area contributed by atoms with Crippen molar-refractivity contribution >= 4 is 29.3 Å². The molecule has 6 nitrogen and oxygen atoms in total. The lowest BCUT2D eigenvalue weighted by atomic mass is 10.2. The van der Waals surface area contributed by atoms with Gasteiger partial charge in [0.05, 0.1) is 0 Å². The van der Waals surface area contributed by atoms with Crippen LogP contribution in [-0.4, -0.2) is 20.7 Å². The number of benzene rings is 2. The second kappa shape index (κ2) is 8.73. The number of carbonyl (C=O) groups is 1. The van der Waals surface area contributed by atoms with E-state index in [-0.39, 0.29) is 11.9 Å². The number of carbonyl (C=O) groups excluding carboxylic acids is 1. The first kappa shape index (κ1) is 19.0. The van der Waals surface area contributed by atoms with Gasteiger partial charge in [-0.15, -0.1) is 10.2 Å². The summed E-state index contributed by atoms with van der Waals surface area (Å²) in [7, 11) is 0. The Morgan fingerprint density at radius 2 is 1.96 bits per heavy atom. The molecule has 0 aliphatic rings. The van der Waals surface area contributed by atoms with Gasteiger partial charge in [0.2, 0.25) is 11.9 Å². The van der Waals surface area contributed by atoms with Crippen LogP contribution in [0.2, 0.25) is 0 Å². The van der Waals surface area contributed by atoms with Crippen LogP contribution in [0.4, 0.5) is 11.6 Å². The molecular formula is C20H23N5OS. The minimum atomic E-state index is -0.473. The van der Waals surface area contributed by atoms with Crippen molar-refractivity contribution in [2.24, 2.45) is 0 Å². The highest BCUT2D eigenvalue weighted by Crippen LogP contribution is 2.28. The van der Waals surface area contributed by atoms with Crippen LogP contribution < -0.4 is 11.1 Å². The molecule has 0 radical (unpaired) electrons. The number of rotatable bonds is 7. The van der Waals surface area contributed by atoms with Gasteiger partial charge in [-0.2, -0.15) is 0 Å². The maximum absolute atomic E-state index is 12.9. The second-order valence-corrected chi connectivity index (χ2v) is 7.21. The number of nitrogens with zero attached hydrogens (tertiary/aromatic N) is 3. The minimum absolute atomic E-state index is 0.129. The molecule has 0 fully saturated rings. The van der Waals surface area contributed by atoms with Gasteiger partial charge in [-0.1, -0.05) is 61.2 Å². The molecule has 1 aromatic heterocycles. The summed E-state index contributed by atoms with van der Waals surface area (Å²) in [5, 5.41) is 11.8. The van der Waals surface area contributed by atoms with Gasteiger partial charge in [0, 0.05) is 11.4 Å². The van der Waals surface area contributed by atoms with Crippen molar-refractivity contribution in [2.75, 3.05) is 11.1 Å². The van der Waals surface area contributed by atoms with Crippen molar-refractivity contribution in [1.29, 1.82) is 0 Å². The largest absolute Gasteiger partial charge is 0.368 e. The smallest absolute Gasteiger partial charge is 0.247 e. The molecule has 0 saturated heterocycles. The van der Waals surface area contributed by atoms with E-state index in [4.69, 9.17) is 5.73 Å². The Morgan fingerprint density at radius 1 is 1.19 bits per heavy atom. The molecule has 0 aliphatic carbocycles. The summed E-state index contributed by atoms with van der Waals surface area (Å²) in [6.07, 6.45) is 0.582. The number of hydrogen-bond donors (Lipinski definition) is 2. The Morgan fingerprint density at radius 3 is 2.67 bits per heavy atom. The number of thioether (sulfide) groups is 1. The summed E-state index contributed by atoms with van der Waals surface area (Å²) in [5.41, 5.74) is 9.07. The van der Waals surface area contributed by atoms with Crippen molar-refractivity contribution in [3.63, 3.8) is 0 Å². The Bertz CT molecular complexity index is 910. The molecule has 0 aliphatic heterocycles. The molecule has 1 atom stereocenters. The number of aromatic nitrogens is 3. The Kier molecular flexibility index (Phi) is 6.13. The molecule has 27 heavy (non-hydrogen) atoms. The Hall–Kier alpha value is -2.80. The molecule has 0 spiro atoms. The molecular weight excluding hydrogens is 358 g/mol. The lowest BCUT2D eigenvalue weighted by molar-refractivity contribution is -0.119. The fraction of sp³-hybridized carbons (Fsp3) is 0.250. The molecule has 7 heteroatoms. The van der Waals surface area contributed by atoms with E-state index in [9.17, 15) is 4.79 Å². The molecule has 1 amide bonds. The van der Waals surface area contributed by atoms with Crippen LogP contribution in [0.3, 0.4) is 0 Å². The first-order valence-corrected chi connectivity index (χ1v) is 9.81. The predicted molar refractivity (Wildman–Crippen MR) is 110 cm³/mol. The van der Waals surface area contributed by atoms with E-state index in [0.717, 1.165) is 17.0 Å². The average molecular weight is 382 g/mol. The van der Waals surface area contributed by atoms with E-state index in [0.29, 0.717) is 11.6 Å². The molecule has 140 valence electrons. The van der Waals surface area contributed by atoms with Gasteiger partial charge >= 0.3 is 0 Å². The van der Waals surface area contributed by atoms with Crippen LogP contribution >= 0.6 is 11.8 Å². The van der Waals surface area contributed by atoms with E-state index in [1.165, 1.54) is 17.3 Å². The number of anilines is 2. The lowest BCUT2D eigenvalue weighted by Gasteiger charge is -2.19.